The van der Waals surface area contributed by atoms with Crippen LogP contribution < -0.4 is 5.32 Å². The third-order valence-corrected chi connectivity index (χ3v) is 2.80. The fraction of sp³-hybridized carbons (Fsp3) is 0.333. The zero-order valence-corrected chi connectivity index (χ0v) is 8.74. The molecule has 0 aliphatic heterocycles. The summed E-state index contributed by atoms with van der Waals surface area (Å²) in [7, 11) is 0. The van der Waals surface area contributed by atoms with Crippen LogP contribution >= 0.6 is 27.3 Å². The molecule has 6 heteroatoms. The van der Waals surface area contributed by atoms with Gasteiger partial charge in [-0.15, -0.1) is 11.3 Å². The topological polar surface area (TPSA) is 55.2 Å². The lowest BCUT2D eigenvalue weighted by molar-refractivity contribution is -0.383. The number of thiophene rings is 1. The van der Waals surface area contributed by atoms with Gasteiger partial charge in [0.25, 0.3) is 0 Å². The number of nitrogens with zero attached hydrogens (tertiary/aromatic N) is 1. The van der Waals surface area contributed by atoms with E-state index in [1.807, 2.05) is 6.92 Å². The molecule has 12 heavy (non-hydrogen) atoms. The molecule has 0 aliphatic rings. The average molecular weight is 251 g/mol. The minimum Gasteiger partial charge on any atom is -0.372 e. The molecule has 0 aromatic carbocycles. The largest absolute Gasteiger partial charge is 0.372 e. The van der Waals surface area contributed by atoms with E-state index in [4.69, 9.17) is 0 Å². The van der Waals surface area contributed by atoms with Gasteiger partial charge in [0.1, 0.15) is 0 Å². The highest BCUT2D eigenvalue weighted by Crippen LogP contribution is 2.37. The van der Waals surface area contributed by atoms with Crippen LogP contribution in [0.3, 0.4) is 0 Å². The van der Waals surface area contributed by atoms with E-state index in [1.165, 1.54) is 17.4 Å². The molecule has 1 aromatic rings. The molecule has 1 aromatic heterocycles. The molecule has 0 radical (unpaired) electrons. The monoisotopic (exact) mass is 250 g/mol. The van der Waals surface area contributed by atoms with Gasteiger partial charge in [0.05, 0.1) is 8.71 Å². The van der Waals surface area contributed by atoms with Crippen molar-refractivity contribution in [3.8, 4) is 0 Å². The van der Waals surface area contributed by atoms with Crippen LogP contribution in [0.25, 0.3) is 0 Å². The molecule has 0 saturated heterocycles. The molecule has 4 nitrogen and oxygen atoms in total. The Morgan fingerprint density at radius 3 is 3.00 bits per heavy atom. The highest BCUT2D eigenvalue weighted by atomic mass is 79.9. The molecule has 0 fully saturated rings. The SMILES string of the molecule is CCNc1sc(Br)cc1[N+](=O)[O-]. The van der Waals surface area contributed by atoms with Crippen LogP contribution in [-0.4, -0.2) is 11.5 Å². The van der Waals surface area contributed by atoms with Crippen molar-refractivity contribution in [3.05, 3.63) is 20.0 Å². The Bertz CT molecular complexity index is 300. The number of hydrogen-bond donors (Lipinski definition) is 1. The maximum atomic E-state index is 10.5. The zero-order valence-electron chi connectivity index (χ0n) is 6.33. The Morgan fingerprint density at radius 2 is 2.50 bits per heavy atom. The quantitative estimate of drug-likeness (QED) is 0.663. The van der Waals surface area contributed by atoms with E-state index < -0.39 is 0 Å². The third-order valence-electron chi connectivity index (χ3n) is 1.22. The first kappa shape index (κ1) is 9.47. The number of halogens is 1. The van der Waals surface area contributed by atoms with Gasteiger partial charge in [0.2, 0.25) is 0 Å². The first-order valence-corrected chi connectivity index (χ1v) is 4.93. The van der Waals surface area contributed by atoms with E-state index in [1.54, 1.807) is 0 Å². The number of anilines is 1. The lowest BCUT2D eigenvalue weighted by Crippen LogP contribution is -1.97. The van der Waals surface area contributed by atoms with Gasteiger partial charge in [0, 0.05) is 12.6 Å². The van der Waals surface area contributed by atoms with Gasteiger partial charge in [-0.1, -0.05) is 0 Å². The van der Waals surface area contributed by atoms with Crippen molar-refractivity contribution in [1.29, 1.82) is 0 Å². The second-order valence-electron chi connectivity index (χ2n) is 2.05. The molecule has 66 valence electrons. The fourth-order valence-electron chi connectivity index (χ4n) is 0.775. The van der Waals surface area contributed by atoms with E-state index in [-0.39, 0.29) is 10.6 Å². The normalized spacial score (nSPS) is 9.83. The Labute approximate surface area is 81.9 Å². The number of rotatable bonds is 3. The van der Waals surface area contributed by atoms with Crippen molar-refractivity contribution in [1.82, 2.24) is 0 Å². The Balaban J connectivity index is 2.99. The molecule has 0 unspecified atom stereocenters. The highest BCUT2D eigenvalue weighted by Gasteiger charge is 2.16. The van der Waals surface area contributed by atoms with Gasteiger partial charge in [0.15, 0.2) is 5.00 Å². The van der Waals surface area contributed by atoms with E-state index in [2.05, 4.69) is 21.2 Å². The molecule has 0 bridgehead atoms. The van der Waals surface area contributed by atoms with E-state index in [0.717, 1.165) is 3.79 Å². The first-order chi connectivity index (χ1) is 5.65. The van der Waals surface area contributed by atoms with Gasteiger partial charge in [-0.25, -0.2) is 0 Å². The minimum absolute atomic E-state index is 0.133. The van der Waals surface area contributed by atoms with Gasteiger partial charge in [-0.2, -0.15) is 0 Å². The van der Waals surface area contributed by atoms with Crippen LogP contribution in [0.4, 0.5) is 10.7 Å². The number of hydrogen-bond acceptors (Lipinski definition) is 4. The minimum atomic E-state index is -0.390. The lowest BCUT2D eigenvalue weighted by Gasteiger charge is -1.96. The third kappa shape index (κ3) is 1.95. The van der Waals surface area contributed by atoms with Crippen molar-refractivity contribution < 1.29 is 4.92 Å². The van der Waals surface area contributed by atoms with Crippen LogP contribution in [0.1, 0.15) is 6.92 Å². The van der Waals surface area contributed by atoms with Gasteiger partial charge >= 0.3 is 5.69 Å². The van der Waals surface area contributed by atoms with Crippen molar-refractivity contribution >= 4 is 38.0 Å². The molecule has 0 atom stereocenters. The van der Waals surface area contributed by atoms with Crippen LogP contribution in [0.15, 0.2) is 9.85 Å². The summed E-state index contributed by atoms with van der Waals surface area (Å²) in [5.41, 5.74) is 0.133. The molecular weight excluding hydrogens is 244 g/mol. The second kappa shape index (κ2) is 3.86. The van der Waals surface area contributed by atoms with Crippen LogP contribution in [-0.2, 0) is 0 Å². The summed E-state index contributed by atoms with van der Waals surface area (Å²) in [4.78, 5) is 10.1. The molecule has 1 N–H and O–H groups in total. The van der Waals surface area contributed by atoms with Gasteiger partial charge < -0.3 is 5.32 Å². The first-order valence-electron chi connectivity index (χ1n) is 3.32. The van der Waals surface area contributed by atoms with E-state index in [0.29, 0.717) is 11.5 Å². The van der Waals surface area contributed by atoms with Crippen molar-refractivity contribution in [2.75, 3.05) is 11.9 Å². The molecular formula is C6H7BrN2O2S. The molecule has 0 saturated carbocycles. The summed E-state index contributed by atoms with van der Waals surface area (Å²) in [5.74, 6) is 0. The lowest BCUT2D eigenvalue weighted by atomic mass is 10.5. The predicted octanol–water partition coefficient (Wildman–Crippen LogP) is 2.85. The summed E-state index contributed by atoms with van der Waals surface area (Å²) < 4.78 is 0.769. The Morgan fingerprint density at radius 1 is 1.83 bits per heavy atom. The van der Waals surface area contributed by atoms with E-state index >= 15 is 0 Å². The summed E-state index contributed by atoms with van der Waals surface area (Å²) in [6.07, 6.45) is 0. The summed E-state index contributed by atoms with van der Waals surface area (Å²) in [5, 5.41) is 14.0. The van der Waals surface area contributed by atoms with Crippen molar-refractivity contribution in [2.45, 2.75) is 6.92 Å². The van der Waals surface area contributed by atoms with Crippen LogP contribution in [0.2, 0.25) is 0 Å². The second-order valence-corrected chi connectivity index (χ2v) is 4.48. The predicted molar refractivity (Wildman–Crippen MR) is 52.8 cm³/mol. The standard InChI is InChI=1S/C6H7BrN2O2S/c1-2-8-6-4(9(10)11)3-5(7)12-6/h3,8H,2H2,1H3. The molecule has 0 spiro atoms. The summed E-state index contributed by atoms with van der Waals surface area (Å²) >= 11 is 4.53. The Kier molecular flexibility index (Phi) is 3.05. The van der Waals surface area contributed by atoms with Gasteiger partial charge in [-0.3, -0.25) is 10.1 Å². The molecule has 1 heterocycles. The van der Waals surface area contributed by atoms with E-state index in [9.17, 15) is 10.1 Å². The van der Waals surface area contributed by atoms with Crippen molar-refractivity contribution in [3.63, 3.8) is 0 Å². The smallest absolute Gasteiger partial charge is 0.304 e. The fourth-order valence-corrected chi connectivity index (χ4v) is 2.30. The summed E-state index contributed by atoms with van der Waals surface area (Å²) in [6, 6.07) is 1.50. The maximum Gasteiger partial charge on any atom is 0.304 e. The maximum absolute atomic E-state index is 10.5. The average Bonchev–Trinajstić information content (AvgIpc) is 2.32. The van der Waals surface area contributed by atoms with Crippen LogP contribution in [0, 0.1) is 10.1 Å². The highest BCUT2D eigenvalue weighted by molar-refractivity contribution is 9.11. The van der Waals surface area contributed by atoms with Crippen molar-refractivity contribution in [2.24, 2.45) is 0 Å². The zero-order chi connectivity index (χ0) is 9.14. The molecule has 0 amide bonds. The number of nitrogens with one attached hydrogen (secondary N) is 1. The molecule has 1 rings (SSSR count). The molecule has 0 aliphatic carbocycles. The Hall–Kier alpha value is -0.620. The summed E-state index contributed by atoms with van der Waals surface area (Å²) in [6.45, 7) is 2.59. The van der Waals surface area contributed by atoms with Gasteiger partial charge in [-0.05, 0) is 22.9 Å². The number of nitro groups is 1. The van der Waals surface area contributed by atoms with Crippen LogP contribution in [0.5, 0.6) is 0 Å².